The van der Waals surface area contributed by atoms with Crippen LogP contribution in [0.4, 0.5) is 18.0 Å². The van der Waals surface area contributed by atoms with Gasteiger partial charge in [0.05, 0.1) is 0 Å². The van der Waals surface area contributed by atoms with E-state index >= 15 is 0 Å². The molecular weight excluding hydrogens is 347 g/mol. The summed E-state index contributed by atoms with van der Waals surface area (Å²) in [7, 11) is 0. The van der Waals surface area contributed by atoms with Crippen LogP contribution in [0.25, 0.3) is 6.08 Å². The van der Waals surface area contributed by atoms with Gasteiger partial charge in [-0.25, -0.2) is 4.79 Å². The molecule has 0 fully saturated rings. The Bertz CT molecular complexity index is 786. The van der Waals surface area contributed by atoms with Gasteiger partial charge in [0.2, 0.25) is 0 Å². The summed E-state index contributed by atoms with van der Waals surface area (Å²) in [5.74, 6) is -1.89. The third kappa shape index (κ3) is 6.08. The smallest absolute Gasteiger partial charge is 0.445 e. The van der Waals surface area contributed by atoms with Gasteiger partial charge in [-0.1, -0.05) is 60.7 Å². The number of hydrogen-bond donors (Lipinski definition) is 1. The van der Waals surface area contributed by atoms with Crippen LogP contribution in [0.2, 0.25) is 0 Å². The van der Waals surface area contributed by atoms with Crippen molar-refractivity contribution in [3.05, 3.63) is 77.4 Å². The molecule has 1 amide bonds. The number of ketones is 1. The molecule has 0 saturated heterocycles. The van der Waals surface area contributed by atoms with E-state index in [1.165, 1.54) is 12.1 Å². The van der Waals surface area contributed by atoms with Gasteiger partial charge in [0.25, 0.3) is 5.78 Å². The van der Waals surface area contributed by atoms with Gasteiger partial charge in [-0.3, -0.25) is 4.79 Å². The Hall–Kier alpha value is -3.09. The molecule has 0 spiro atoms. The lowest BCUT2D eigenvalue weighted by Crippen LogP contribution is -2.24. The molecular formula is C19H16F3NO3. The lowest BCUT2D eigenvalue weighted by molar-refractivity contribution is -0.0885. The Balaban J connectivity index is 1.81. The average Bonchev–Trinajstić information content (AvgIpc) is 2.63. The predicted molar refractivity (Wildman–Crippen MR) is 90.5 cm³/mol. The van der Waals surface area contributed by atoms with Crippen molar-refractivity contribution in [1.29, 1.82) is 0 Å². The summed E-state index contributed by atoms with van der Waals surface area (Å²) in [4.78, 5) is 22.7. The molecule has 2 rings (SSSR count). The fourth-order valence-corrected chi connectivity index (χ4v) is 2.06. The van der Waals surface area contributed by atoms with Gasteiger partial charge in [-0.2, -0.15) is 13.2 Å². The molecule has 0 heterocycles. The monoisotopic (exact) mass is 363 g/mol. The van der Waals surface area contributed by atoms with Crippen LogP contribution in [0.3, 0.4) is 0 Å². The number of nitrogens with one attached hydrogen (secondary N) is 1. The third-order valence-electron chi connectivity index (χ3n) is 3.29. The van der Waals surface area contributed by atoms with Crippen molar-refractivity contribution in [2.24, 2.45) is 0 Å². The summed E-state index contributed by atoms with van der Waals surface area (Å²) in [6.07, 6.45) is -2.47. The zero-order valence-corrected chi connectivity index (χ0v) is 13.6. The molecule has 1 N–H and O–H groups in total. The molecule has 0 unspecified atom stereocenters. The molecule has 0 aliphatic heterocycles. The first-order valence-electron chi connectivity index (χ1n) is 7.69. The van der Waals surface area contributed by atoms with Gasteiger partial charge in [0.1, 0.15) is 6.61 Å². The average molecular weight is 363 g/mol. The fraction of sp³-hybridized carbons (Fsp3) is 0.158. The van der Waals surface area contributed by atoms with E-state index in [1.54, 1.807) is 12.1 Å². The highest BCUT2D eigenvalue weighted by atomic mass is 19.4. The molecule has 0 radical (unpaired) electrons. The van der Waals surface area contributed by atoms with Gasteiger partial charge in [-0.15, -0.1) is 0 Å². The summed E-state index contributed by atoms with van der Waals surface area (Å²) in [6.45, 7) is 0.267. The van der Waals surface area contributed by atoms with Crippen LogP contribution in [-0.2, 0) is 11.3 Å². The Labute approximate surface area is 148 Å². The predicted octanol–water partition coefficient (Wildman–Crippen LogP) is 4.37. The number of rotatable bonds is 6. The highest BCUT2D eigenvalue weighted by molar-refractivity contribution is 6.00. The van der Waals surface area contributed by atoms with Gasteiger partial charge < -0.3 is 10.1 Å². The van der Waals surface area contributed by atoms with E-state index in [-0.39, 0.29) is 13.2 Å². The minimum Gasteiger partial charge on any atom is -0.445 e. The number of Topliss-reactive ketones (excluding diaryl/α,β-unsaturated/α-hetero) is 1. The first-order valence-corrected chi connectivity index (χ1v) is 7.69. The minimum absolute atomic E-state index is 0.130. The Morgan fingerprint density at radius 2 is 1.77 bits per heavy atom. The number of hydrogen-bond acceptors (Lipinski definition) is 3. The zero-order valence-electron chi connectivity index (χ0n) is 13.6. The molecule has 2 aromatic rings. The van der Waals surface area contributed by atoms with Crippen LogP contribution in [0.1, 0.15) is 21.5 Å². The van der Waals surface area contributed by atoms with Crippen LogP contribution in [-0.4, -0.2) is 24.6 Å². The Kier molecular flexibility index (Phi) is 6.54. The van der Waals surface area contributed by atoms with E-state index < -0.39 is 23.6 Å². The standard InChI is InChI=1S/C19H16F3NO3/c20-19(21,22)17(24)16-10-4-8-14(12-16)9-5-11-23-18(25)26-13-15-6-2-1-3-7-15/h1-10,12H,11,13H2,(H,23,25). The van der Waals surface area contributed by atoms with Crippen molar-refractivity contribution >= 4 is 18.0 Å². The number of ether oxygens (including phenoxy) is 1. The van der Waals surface area contributed by atoms with Crippen LogP contribution < -0.4 is 5.32 Å². The zero-order chi connectivity index (χ0) is 19.0. The molecule has 0 atom stereocenters. The quantitative estimate of drug-likeness (QED) is 0.776. The first-order chi connectivity index (χ1) is 12.4. The number of carbonyl (C=O) groups is 2. The first kappa shape index (κ1) is 19.2. The number of benzene rings is 2. The number of carbonyl (C=O) groups excluding carboxylic acids is 2. The maximum Gasteiger partial charge on any atom is 0.454 e. The summed E-state index contributed by atoms with van der Waals surface area (Å²) < 4.78 is 42.3. The molecule has 7 heteroatoms. The van der Waals surface area contributed by atoms with Crippen LogP contribution in [0.5, 0.6) is 0 Å². The van der Waals surface area contributed by atoms with E-state index in [0.29, 0.717) is 5.56 Å². The van der Waals surface area contributed by atoms with Crippen molar-refractivity contribution in [3.8, 4) is 0 Å². The number of alkyl carbamates (subject to hydrolysis) is 1. The Morgan fingerprint density at radius 3 is 2.46 bits per heavy atom. The van der Waals surface area contributed by atoms with Gasteiger partial charge >= 0.3 is 12.3 Å². The largest absolute Gasteiger partial charge is 0.454 e. The van der Waals surface area contributed by atoms with Gasteiger partial charge in [-0.05, 0) is 17.2 Å². The molecule has 136 valence electrons. The third-order valence-corrected chi connectivity index (χ3v) is 3.29. The minimum atomic E-state index is -4.91. The van der Waals surface area contributed by atoms with Crippen molar-refractivity contribution in [1.82, 2.24) is 5.32 Å². The highest BCUT2D eigenvalue weighted by Crippen LogP contribution is 2.22. The topological polar surface area (TPSA) is 55.4 Å². The van der Waals surface area contributed by atoms with E-state index in [4.69, 9.17) is 4.74 Å². The second kappa shape index (κ2) is 8.84. The molecule has 0 aliphatic carbocycles. The van der Waals surface area contributed by atoms with Crippen molar-refractivity contribution in [2.75, 3.05) is 6.54 Å². The number of amides is 1. The molecule has 2 aromatic carbocycles. The van der Waals surface area contributed by atoms with Crippen LogP contribution in [0.15, 0.2) is 60.7 Å². The molecule has 0 saturated carbocycles. The van der Waals surface area contributed by atoms with E-state index in [0.717, 1.165) is 17.7 Å². The lowest BCUT2D eigenvalue weighted by Gasteiger charge is -2.06. The van der Waals surface area contributed by atoms with E-state index in [2.05, 4.69) is 5.32 Å². The fourth-order valence-electron chi connectivity index (χ4n) is 2.06. The van der Waals surface area contributed by atoms with Crippen LogP contribution in [0, 0.1) is 0 Å². The molecule has 0 aromatic heterocycles. The lowest BCUT2D eigenvalue weighted by atomic mass is 10.1. The molecule has 0 aliphatic rings. The molecule has 26 heavy (non-hydrogen) atoms. The normalized spacial score (nSPS) is 11.3. The number of alkyl halides is 3. The highest BCUT2D eigenvalue weighted by Gasteiger charge is 2.39. The van der Waals surface area contributed by atoms with Gasteiger partial charge in [0.15, 0.2) is 0 Å². The molecule has 0 bridgehead atoms. The maximum atomic E-state index is 12.4. The SMILES string of the molecule is O=C(NCC=Cc1cccc(C(=O)C(F)(F)F)c1)OCc1ccccc1. The number of halogens is 3. The second-order valence-electron chi connectivity index (χ2n) is 5.30. The summed E-state index contributed by atoms with van der Waals surface area (Å²) >= 11 is 0. The van der Waals surface area contributed by atoms with Crippen molar-refractivity contribution < 1.29 is 27.5 Å². The van der Waals surface area contributed by atoms with Crippen molar-refractivity contribution in [3.63, 3.8) is 0 Å². The summed E-state index contributed by atoms with van der Waals surface area (Å²) in [6, 6.07) is 14.3. The summed E-state index contributed by atoms with van der Waals surface area (Å²) in [5, 5.41) is 2.49. The van der Waals surface area contributed by atoms with E-state index in [9.17, 15) is 22.8 Å². The van der Waals surface area contributed by atoms with Gasteiger partial charge in [0, 0.05) is 12.1 Å². The van der Waals surface area contributed by atoms with E-state index in [1.807, 2.05) is 30.3 Å². The van der Waals surface area contributed by atoms with Crippen LogP contribution >= 0.6 is 0 Å². The molecule has 4 nitrogen and oxygen atoms in total. The maximum absolute atomic E-state index is 12.4. The van der Waals surface area contributed by atoms with Crippen molar-refractivity contribution in [2.45, 2.75) is 12.8 Å². The summed E-state index contributed by atoms with van der Waals surface area (Å²) in [5.41, 5.74) is 0.832. The second-order valence-corrected chi connectivity index (χ2v) is 5.30. The Morgan fingerprint density at radius 1 is 1.04 bits per heavy atom.